The zero-order chi connectivity index (χ0) is 14.1. The SMILES string of the molecule is COc1cc(CCC(=O)N[C@@H](CO)CCSC)on1. The fourth-order valence-corrected chi connectivity index (χ4v) is 2.03. The van der Waals surface area contributed by atoms with Gasteiger partial charge in [-0.05, 0) is 23.6 Å². The van der Waals surface area contributed by atoms with Crippen molar-refractivity contribution in [2.24, 2.45) is 0 Å². The number of aromatic nitrogens is 1. The summed E-state index contributed by atoms with van der Waals surface area (Å²) in [7, 11) is 1.51. The lowest BCUT2D eigenvalue weighted by Gasteiger charge is -2.15. The van der Waals surface area contributed by atoms with E-state index in [0.29, 0.717) is 24.5 Å². The number of nitrogens with zero attached hydrogens (tertiary/aromatic N) is 1. The van der Waals surface area contributed by atoms with E-state index in [1.54, 1.807) is 17.8 Å². The Bertz CT molecular complexity index is 384. The minimum atomic E-state index is -0.177. The maximum absolute atomic E-state index is 11.7. The summed E-state index contributed by atoms with van der Waals surface area (Å²) >= 11 is 1.69. The number of carbonyl (C=O) groups is 1. The molecule has 0 aliphatic rings. The van der Waals surface area contributed by atoms with Crippen molar-refractivity contribution in [3.8, 4) is 5.88 Å². The quantitative estimate of drug-likeness (QED) is 0.700. The molecule has 1 rings (SSSR count). The summed E-state index contributed by atoms with van der Waals surface area (Å²) in [6.07, 6.45) is 3.52. The van der Waals surface area contributed by atoms with Crippen molar-refractivity contribution in [1.82, 2.24) is 10.5 Å². The van der Waals surface area contributed by atoms with E-state index >= 15 is 0 Å². The molecule has 0 saturated carbocycles. The minimum Gasteiger partial charge on any atom is -0.479 e. The average Bonchev–Trinajstić information content (AvgIpc) is 2.89. The summed E-state index contributed by atoms with van der Waals surface area (Å²) < 4.78 is 9.88. The Labute approximate surface area is 116 Å². The second kappa shape index (κ2) is 8.82. The molecule has 0 saturated heterocycles. The molecule has 0 bridgehead atoms. The molecule has 0 unspecified atom stereocenters. The molecular formula is C12H20N2O4S. The van der Waals surface area contributed by atoms with Gasteiger partial charge in [0.05, 0.1) is 19.8 Å². The van der Waals surface area contributed by atoms with E-state index in [1.807, 2.05) is 6.26 Å². The van der Waals surface area contributed by atoms with Crippen molar-refractivity contribution in [3.05, 3.63) is 11.8 Å². The lowest BCUT2D eigenvalue weighted by molar-refractivity contribution is -0.122. The molecule has 1 heterocycles. The number of aliphatic hydroxyl groups excluding tert-OH is 1. The number of thioether (sulfide) groups is 1. The second-order valence-electron chi connectivity index (χ2n) is 4.06. The first-order chi connectivity index (χ1) is 9.19. The topological polar surface area (TPSA) is 84.6 Å². The summed E-state index contributed by atoms with van der Waals surface area (Å²) in [6, 6.07) is 1.48. The first kappa shape index (κ1) is 15.8. The highest BCUT2D eigenvalue weighted by Gasteiger charge is 2.12. The number of nitrogens with one attached hydrogen (secondary N) is 1. The molecule has 0 aromatic carbocycles. The van der Waals surface area contributed by atoms with Crippen LogP contribution in [0, 0.1) is 0 Å². The van der Waals surface area contributed by atoms with Crippen molar-refractivity contribution in [2.45, 2.75) is 25.3 Å². The lowest BCUT2D eigenvalue weighted by Crippen LogP contribution is -2.38. The maximum Gasteiger partial charge on any atom is 0.254 e. The number of rotatable bonds is 9. The second-order valence-corrected chi connectivity index (χ2v) is 5.05. The molecule has 0 fully saturated rings. The summed E-state index contributed by atoms with van der Waals surface area (Å²) in [5, 5.41) is 15.6. The van der Waals surface area contributed by atoms with Gasteiger partial charge in [0, 0.05) is 18.9 Å². The van der Waals surface area contributed by atoms with Gasteiger partial charge in [-0.2, -0.15) is 11.8 Å². The molecule has 1 aromatic rings. The Morgan fingerprint density at radius 1 is 1.68 bits per heavy atom. The Morgan fingerprint density at radius 2 is 2.47 bits per heavy atom. The van der Waals surface area contributed by atoms with Crippen LogP contribution in [-0.4, -0.2) is 47.9 Å². The van der Waals surface area contributed by atoms with Gasteiger partial charge in [-0.1, -0.05) is 0 Å². The van der Waals surface area contributed by atoms with Crippen molar-refractivity contribution in [1.29, 1.82) is 0 Å². The lowest BCUT2D eigenvalue weighted by atomic mass is 10.2. The van der Waals surface area contributed by atoms with Gasteiger partial charge in [0.1, 0.15) is 5.76 Å². The number of hydrogen-bond acceptors (Lipinski definition) is 6. The third-order valence-electron chi connectivity index (χ3n) is 2.60. The number of aliphatic hydroxyl groups is 1. The first-order valence-corrected chi connectivity index (χ1v) is 7.47. The molecular weight excluding hydrogens is 268 g/mol. The van der Waals surface area contributed by atoms with Gasteiger partial charge in [0.15, 0.2) is 0 Å². The largest absolute Gasteiger partial charge is 0.479 e. The Hall–Kier alpha value is -1.21. The van der Waals surface area contributed by atoms with E-state index in [9.17, 15) is 4.79 Å². The fourth-order valence-electron chi connectivity index (χ4n) is 1.51. The van der Waals surface area contributed by atoms with Crippen LogP contribution in [0.4, 0.5) is 0 Å². The smallest absolute Gasteiger partial charge is 0.254 e. The molecule has 1 amide bonds. The van der Waals surface area contributed by atoms with Crippen LogP contribution >= 0.6 is 11.8 Å². The van der Waals surface area contributed by atoms with Crippen molar-refractivity contribution >= 4 is 17.7 Å². The Morgan fingerprint density at radius 3 is 3.05 bits per heavy atom. The van der Waals surface area contributed by atoms with E-state index in [0.717, 1.165) is 12.2 Å². The number of ether oxygens (including phenoxy) is 1. The van der Waals surface area contributed by atoms with Gasteiger partial charge < -0.3 is 19.7 Å². The normalized spacial score (nSPS) is 12.2. The molecule has 19 heavy (non-hydrogen) atoms. The molecule has 7 heteroatoms. The third kappa shape index (κ3) is 5.98. The van der Waals surface area contributed by atoms with E-state index in [-0.39, 0.29) is 18.6 Å². The summed E-state index contributed by atoms with van der Waals surface area (Å²) in [5.74, 6) is 1.82. The third-order valence-corrected chi connectivity index (χ3v) is 3.24. The predicted molar refractivity (Wildman–Crippen MR) is 73.4 cm³/mol. The molecule has 108 valence electrons. The van der Waals surface area contributed by atoms with Crippen molar-refractivity contribution in [2.75, 3.05) is 25.7 Å². The molecule has 2 N–H and O–H groups in total. The van der Waals surface area contributed by atoms with E-state index in [4.69, 9.17) is 14.4 Å². The number of aryl methyl sites for hydroxylation is 1. The number of hydrogen-bond donors (Lipinski definition) is 2. The molecule has 6 nitrogen and oxygen atoms in total. The fraction of sp³-hybridized carbons (Fsp3) is 0.667. The van der Waals surface area contributed by atoms with Crippen LogP contribution in [-0.2, 0) is 11.2 Å². The van der Waals surface area contributed by atoms with E-state index in [1.165, 1.54) is 7.11 Å². The van der Waals surface area contributed by atoms with Gasteiger partial charge >= 0.3 is 0 Å². The van der Waals surface area contributed by atoms with Gasteiger partial charge in [-0.3, -0.25) is 4.79 Å². The van der Waals surface area contributed by atoms with Crippen molar-refractivity contribution < 1.29 is 19.2 Å². The van der Waals surface area contributed by atoms with Gasteiger partial charge in [0.2, 0.25) is 5.91 Å². The van der Waals surface area contributed by atoms with Crippen LogP contribution in [0.1, 0.15) is 18.6 Å². The van der Waals surface area contributed by atoms with E-state index in [2.05, 4.69) is 10.5 Å². The van der Waals surface area contributed by atoms with E-state index < -0.39 is 0 Å². The van der Waals surface area contributed by atoms with Crippen LogP contribution in [0.15, 0.2) is 10.6 Å². The minimum absolute atomic E-state index is 0.0393. The Balaban J connectivity index is 2.29. The summed E-state index contributed by atoms with van der Waals surface area (Å²) in [5.41, 5.74) is 0. The number of methoxy groups -OCH3 is 1. The predicted octanol–water partition coefficient (Wildman–Crippen LogP) is 0.846. The van der Waals surface area contributed by atoms with Crippen LogP contribution in [0.25, 0.3) is 0 Å². The van der Waals surface area contributed by atoms with Crippen LogP contribution in [0.2, 0.25) is 0 Å². The Kier molecular flexibility index (Phi) is 7.35. The highest BCUT2D eigenvalue weighted by molar-refractivity contribution is 7.98. The summed E-state index contributed by atoms with van der Waals surface area (Å²) in [4.78, 5) is 11.7. The molecule has 0 spiro atoms. The monoisotopic (exact) mass is 288 g/mol. The van der Waals surface area contributed by atoms with Gasteiger partial charge in [-0.25, -0.2) is 0 Å². The first-order valence-electron chi connectivity index (χ1n) is 6.08. The highest BCUT2D eigenvalue weighted by atomic mass is 32.2. The van der Waals surface area contributed by atoms with Gasteiger partial charge in [0.25, 0.3) is 5.88 Å². The van der Waals surface area contributed by atoms with Gasteiger partial charge in [-0.15, -0.1) is 0 Å². The van der Waals surface area contributed by atoms with Crippen LogP contribution in [0.3, 0.4) is 0 Å². The average molecular weight is 288 g/mol. The molecule has 1 aromatic heterocycles. The molecule has 0 aliphatic heterocycles. The molecule has 1 atom stereocenters. The summed E-state index contributed by atoms with van der Waals surface area (Å²) in [6.45, 7) is -0.0393. The number of carbonyl (C=O) groups excluding carboxylic acids is 1. The highest BCUT2D eigenvalue weighted by Crippen LogP contribution is 2.12. The number of amides is 1. The van der Waals surface area contributed by atoms with Crippen LogP contribution < -0.4 is 10.1 Å². The molecule has 0 radical (unpaired) electrons. The van der Waals surface area contributed by atoms with Crippen molar-refractivity contribution in [3.63, 3.8) is 0 Å². The standard InChI is InChI=1S/C12H20N2O4S/c1-17-12-7-10(18-14-12)3-4-11(16)13-9(8-15)5-6-19-2/h7,9,15H,3-6,8H2,1-2H3,(H,13,16)/t9-/m1/s1. The molecule has 0 aliphatic carbocycles. The zero-order valence-corrected chi connectivity index (χ0v) is 12.0. The zero-order valence-electron chi connectivity index (χ0n) is 11.2. The van der Waals surface area contributed by atoms with Crippen LogP contribution in [0.5, 0.6) is 5.88 Å². The maximum atomic E-state index is 11.7.